The molecule has 110 valence electrons. The van der Waals surface area contributed by atoms with Crippen molar-refractivity contribution in [3.63, 3.8) is 0 Å². The van der Waals surface area contributed by atoms with Crippen LogP contribution in [-0.2, 0) is 9.53 Å². The maximum absolute atomic E-state index is 12.1. The highest BCUT2D eigenvalue weighted by atomic mass is 16.5. The van der Waals surface area contributed by atoms with Crippen molar-refractivity contribution < 1.29 is 14.6 Å². The van der Waals surface area contributed by atoms with Gasteiger partial charge in [-0.15, -0.1) is 0 Å². The van der Waals surface area contributed by atoms with Gasteiger partial charge in [0.25, 0.3) is 0 Å². The molecule has 0 amide bonds. The number of carbonyl (C=O) groups is 1. The summed E-state index contributed by atoms with van der Waals surface area (Å²) in [7, 11) is 0. The molecule has 1 aromatic carbocycles. The second-order valence-electron chi connectivity index (χ2n) is 5.50. The van der Waals surface area contributed by atoms with E-state index < -0.39 is 12.0 Å². The summed E-state index contributed by atoms with van der Waals surface area (Å²) in [5.41, 5.74) is 2.10. The molecule has 2 atom stereocenters. The van der Waals surface area contributed by atoms with Gasteiger partial charge >= 0.3 is 5.97 Å². The minimum absolute atomic E-state index is 0.285. The molecule has 3 nitrogen and oxygen atoms in total. The topological polar surface area (TPSA) is 46.5 Å². The zero-order valence-electron chi connectivity index (χ0n) is 12.3. The van der Waals surface area contributed by atoms with Crippen molar-refractivity contribution in [2.45, 2.75) is 51.6 Å². The Morgan fingerprint density at radius 2 is 2.05 bits per heavy atom. The Labute approximate surface area is 121 Å². The molecule has 1 aromatic rings. The predicted molar refractivity (Wildman–Crippen MR) is 78.4 cm³/mol. The van der Waals surface area contributed by atoms with E-state index in [1.807, 2.05) is 25.1 Å². The average molecular weight is 276 g/mol. The Balaban J connectivity index is 2.22. The van der Waals surface area contributed by atoms with E-state index in [-0.39, 0.29) is 5.97 Å². The molecule has 0 aromatic heterocycles. The molecule has 0 bridgehead atoms. The molecule has 0 radical (unpaired) electrons. The number of aliphatic hydroxyl groups is 1. The second kappa shape index (κ2) is 6.89. The van der Waals surface area contributed by atoms with Crippen molar-refractivity contribution >= 4 is 5.97 Å². The van der Waals surface area contributed by atoms with Gasteiger partial charge < -0.3 is 9.84 Å². The first kappa shape index (κ1) is 15.0. The number of aliphatic hydroxyl groups excluding tert-OH is 1. The zero-order chi connectivity index (χ0) is 14.5. The van der Waals surface area contributed by atoms with Gasteiger partial charge in [0, 0.05) is 0 Å². The molecule has 3 heteroatoms. The van der Waals surface area contributed by atoms with Crippen LogP contribution in [0.2, 0.25) is 0 Å². The van der Waals surface area contributed by atoms with Crippen LogP contribution in [0.1, 0.15) is 62.7 Å². The van der Waals surface area contributed by atoms with Crippen LogP contribution in [0, 0.1) is 5.92 Å². The third kappa shape index (κ3) is 3.40. The number of hydrogen-bond acceptors (Lipinski definition) is 3. The maximum Gasteiger partial charge on any atom is 0.311 e. The van der Waals surface area contributed by atoms with Crippen molar-refractivity contribution in [1.29, 1.82) is 0 Å². The Hall–Kier alpha value is -1.35. The number of carbonyl (C=O) groups excluding carboxylic acids is 1. The highest BCUT2D eigenvalue weighted by molar-refractivity contribution is 5.73. The minimum atomic E-state index is -0.759. The summed E-state index contributed by atoms with van der Waals surface area (Å²) in [6, 6.07) is 7.95. The predicted octanol–water partition coefficient (Wildman–Crippen LogP) is 3.58. The molecule has 0 saturated heterocycles. The van der Waals surface area contributed by atoms with E-state index in [0.29, 0.717) is 18.9 Å². The Kier molecular flexibility index (Phi) is 5.18. The summed E-state index contributed by atoms with van der Waals surface area (Å²) in [5, 5.41) is 10.7. The molecule has 20 heavy (non-hydrogen) atoms. The molecule has 2 unspecified atom stereocenters. The van der Waals surface area contributed by atoms with Crippen LogP contribution in [0.5, 0.6) is 0 Å². The van der Waals surface area contributed by atoms with Gasteiger partial charge in [-0.3, -0.25) is 4.79 Å². The number of esters is 1. The van der Waals surface area contributed by atoms with Crippen molar-refractivity contribution in [1.82, 2.24) is 0 Å². The first-order valence-electron chi connectivity index (χ1n) is 7.62. The van der Waals surface area contributed by atoms with Gasteiger partial charge in [0.1, 0.15) is 0 Å². The Bertz CT molecular complexity index is 451. The molecule has 0 aliphatic heterocycles. The standard InChI is InChI=1S/C17H24O3/c1-3-7-15(17(19)20-4-2)16(18)14-9-6-5-8-13(14)12-10-11-12/h5-6,8-9,12,15-16,18H,3-4,7,10-11H2,1-2H3. The fraction of sp³-hybridized carbons (Fsp3) is 0.588. The lowest BCUT2D eigenvalue weighted by Crippen LogP contribution is -2.25. The second-order valence-corrected chi connectivity index (χ2v) is 5.50. The molecule has 1 fully saturated rings. The molecule has 1 N–H and O–H groups in total. The lowest BCUT2D eigenvalue weighted by Gasteiger charge is -2.23. The van der Waals surface area contributed by atoms with Crippen molar-refractivity contribution in [2.75, 3.05) is 6.61 Å². The van der Waals surface area contributed by atoms with E-state index in [9.17, 15) is 9.90 Å². The summed E-state index contributed by atoms with van der Waals surface area (Å²) in [5.74, 6) is -0.183. The molecule has 1 aliphatic carbocycles. The van der Waals surface area contributed by atoms with Crippen molar-refractivity contribution in [3.8, 4) is 0 Å². The maximum atomic E-state index is 12.1. The van der Waals surface area contributed by atoms with Gasteiger partial charge in [0.05, 0.1) is 18.6 Å². The van der Waals surface area contributed by atoms with Gasteiger partial charge in [0.2, 0.25) is 0 Å². The van der Waals surface area contributed by atoms with Crippen LogP contribution >= 0.6 is 0 Å². The van der Waals surface area contributed by atoms with Crippen LogP contribution in [0.4, 0.5) is 0 Å². The van der Waals surface area contributed by atoms with E-state index in [1.54, 1.807) is 6.92 Å². The number of benzene rings is 1. The smallest absolute Gasteiger partial charge is 0.311 e. The minimum Gasteiger partial charge on any atom is -0.466 e. The molecule has 0 heterocycles. The Morgan fingerprint density at radius 3 is 2.65 bits per heavy atom. The highest BCUT2D eigenvalue weighted by Crippen LogP contribution is 2.44. The summed E-state index contributed by atoms with van der Waals surface area (Å²) in [6.45, 7) is 4.17. The molecular weight excluding hydrogens is 252 g/mol. The van der Waals surface area contributed by atoms with E-state index in [1.165, 1.54) is 18.4 Å². The Morgan fingerprint density at radius 1 is 1.35 bits per heavy atom. The SMILES string of the molecule is CCCC(C(=O)OCC)C(O)c1ccccc1C1CC1. The number of ether oxygens (including phenoxy) is 1. The summed E-state index contributed by atoms with van der Waals surface area (Å²) in [4.78, 5) is 12.1. The quantitative estimate of drug-likeness (QED) is 0.774. The highest BCUT2D eigenvalue weighted by Gasteiger charge is 2.33. The number of hydrogen-bond donors (Lipinski definition) is 1. The van der Waals surface area contributed by atoms with Gasteiger partial charge in [0.15, 0.2) is 0 Å². The van der Waals surface area contributed by atoms with Gasteiger partial charge in [-0.2, -0.15) is 0 Å². The van der Waals surface area contributed by atoms with Gasteiger partial charge in [-0.1, -0.05) is 37.6 Å². The first-order valence-corrected chi connectivity index (χ1v) is 7.62. The van der Waals surface area contributed by atoms with Gasteiger partial charge in [-0.25, -0.2) is 0 Å². The average Bonchev–Trinajstić information content (AvgIpc) is 3.29. The number of rotatable bonds is 7. The van der Waals surface area contributed by atoms with E-state index >= 15 is 0 Å². The molecule has 1 saturated carbocycles. The largest absolute Gasteiger partial charge is 0.466 e. The fourth-order valence-electron chi connectivity index (χ4n) is 2.73. The van der Waals surface area contributed by atoms with Crippen molar-refractivity contribution in [3.05, 3.63) is 35.4 Å². The summed E-state index contributed by atoms with van der Waals surface area (Å²) in [6.07, 6.45) is 3.11. The first-order chi connectivity index (χ1) is 9.69. The van der Waals surface area contributed by atoms with Crippen LogP contribution in [0.15, 0.2) is 24.3 Å². The van der Waals surface area contributed by atoms with E-state index in [0.717, 1.165) is 12.0 Å². The summed E-state index contributed by atoms with van der Waals surface area (Å²) < 4.78 is 5.12. The van der Waals surface area contributed by atoms with Crippen LogP contribution in [0.25, 0.3) is 0 Å². The monoisotopic (exact) mass is 276 g/mol. The third-order valence-electron chi connectivity index (χ3n) is 3.90. The van der Waals surface area contributed by atoms with Crippen LogP contribution in [-0.4, -0.2) is 17.7 Å². The zero-order valence-corrected chi connectivity index (χ0v) is 12.3. The normalized spacial score (nSPS) is 17.6. The van der Waals surface area contributed by atoms with Crippen LogP contribution < -0.4 is 0 Å². The van der Waals surface area contributed by atoms with Crippen LogP contribution in [0.3, 0.4) is 0 Å². The van der Waals surface area contributed by atoms with E-state index in [2.05, 4.69) is 6.07 Å². The lowest BCUT2D eigenvalue weighted by molar-refractivity contribution is -0.152. The van der Waals surface area contributed by atoms with Crippen molar-refractivity contribution in [2.24, 2.45) is 5.92 Å². The molecule has 1 aliphatic rings. The molecule has 0 spiro atoms. The fourth-order valence-corrected chi connectivity index (χ4v) is 2.73. The van der Waals surface area contributed by atoms with E-state index in [4.69, 9.17) is 4.74 Å². The molecular formula is C17H24O3. The molecule has 2 rings (SSSR count). The lowest BCUT2D eigenvalue weighted by atomic mass is 9.88. The third-order valence-corrected chi connectivity index (χ3v) is 3.90. The van der Waals surface area contributed by atoms with Gasteiger partial charge in [-0.05, 0) is 43.2 Å². The summed E-state index contributed by atoms with van der Waals surface area (Å²) >= 11 is 0.